The molecule has 3 nitrogen and oxygen atoms in total. The monoisotopic (exact) mass is 354 g/mol. The molecule has 1 aromatic heterocycles. The molecule has 4 rings (SSSR count). The fourth-order valence-corrected chi connectivity index (χ4v) is 3.45. The van der Waals surface area contributed by atoms with Crippen molar-refractivity contribution in [1.82, 2.24) is 9.55 Å². The fraction of sp³-hybridized carbons (Fsp3) is 0.0909. The molecule has 0 amide bonds. The standard InChI is InChI=1S/C22H16N3S/c1-26-19-10-8-17(9-11-19)20-12-16(6-7-18(20)13-23)14-25-15-24-21-4-2-3-5-22(21)25/h2-10,12,15H,14H2,1H3. The Morgan fingerprint density at radius 2 is 2.04 bits per heavy atom. The van der Waals surface area contributed by atoms with E-state index in [0.29, 0.717) is 12.1 Å². The van der Waals surface area contributed by atoms with Crippen molar-refractivity contribution >= 4 is 22.8 Å². The summed E-state index contributed by atoms with van der Waals surface area (Å²) in [5, 5.41) is 9.49. The highest BCUT2D eigenvalue weighted by Crippen LogP contribution is 2.27. The second-order valence-corrected chi connectivity index (χ2v) is 6.85. The number of thioether (sulfide) groups is 1. The molecule has 0 bridgehead atoms. The molecule has 0 fully saturated rings. The van der Waals surface area contributed by atoms with Crippen molar-refractivity contribution in [1.29, 1.82) is 5.26 Å². The minimum Gasteiger partial charge on any atom is -0.326 e. The minimum absolute atomic E-state index is 0.676. The largest absolute Gasteiger partial charge is 0.326 e. The summed E-state index contributed by atoms with van der Waals surface area (Å²) in [6, 6.07) is 25.7. The molecule has 0 atom stereocenters. The van der Waals surface area contributed by atoms with Crippen LogP contribution in [0.25, 0.3) is 22.2 Å². The molecule has 1 radical (unpaired) electrons. The van der Waals surface area contributed by atoms with Crippen molar-refractivity contribution in [3.05, 3.63) is 84.2 Å². The van der Waals surface area contributed by atoms with Crippen molar-refractivity contribution in [3.8, 4) is 17.2 Å². The third kappa shape index (κ3) is 3.10. The lowest BCUT2D eigenvalue weighted by atomic mass is 9.98. The van der Waals surface area contributed by atoms with Gasteiger partial charge in [-0.3, -0.25) is 0 Å². The number of hydrogen-bond acceptors (Lipinski definition) is 3. The number of nitrogens with zero attached hydrogens (tertiary/aromatic N) is 3. The van der Waals surface area contributed by atoms with Gasteiger partial charge in [0.1, 0.15) is 0 Å². The normalized spacial score (nSPS) is 10.8. The van der Waals surface area contributed by atoms with Gasteiger partial charge in [-0.05, 0) is 65.4 Å². The summed E-state index contributed by atoms with van der Waals surface area (Å²) in [6.07, 6.45) is 3.89. The second-order valence-electron chi connectivity index (χ2n) is 6.00. The molecule has 0 unspecified atom stereocenters. The Hall–Kier alpha value is -3.03. The SMILES string of the molecule is CSc1[c]cc(-c2cc(Cn3cnc4ccccc43)ccc2C#N)cc1. The van der Waals surface area contributed by atoms with Gasteiger partial charge in [0, 0.05) is 11.4 Å². The maximum atomic E-state index is 9.49. The second kappa shape index (κ2) is 7.07. The first kappa shape index (κ1) is 16.4. The Bertz CT molecular complexity index is 1100. The van der Waals surface area contributed by atoms with Crippen LogP contribution in [0.2, 0.25) is 0 Å². The predicted octanol–water partition coefficient (Wildman–Crippen LogP) is 5.15. The Morgan fingerprint density at radius 3 is 2.81 bits per heavy atom. The zero-order chi connectivity index (χ0) is 17.9. The van der Waals surface area contributed by atoms with E-state index >= 15 is 0 Å². The molecular formula is C22H16N3S. The molecule has 1 heterocycles. The van der Waals surface area contributed by atoms with Crippen LogP contribution in [-0.2, 0) is 6.54 Å². The van der Waals surface area contributed by atoms with E-state index in [1.54, 1.807) is 11.8 Å². The third-order valence-corrected chi connectivity index (χ3v) is 5.09. The van der Waals surface area contributed by atoms with Crippen LogP contribution < -0.4 is 0 Å². The molecule has 125 valence electrons. The topological polar surface area (TPSA) is 41.6 Å². The quantitative estimate of drug-likeness (QED) is 0.476. The molecule has 4 heteroatoms. The first-order valence-corrected chi connectivity index (χ1v) is 9.50. The first-order chi connectivity index (χ1) is 12.8. The maximum Gasteiger partial charge on any atom is 0.0998 e. The van der Waals surface area contributed by atoms with E-state index in [1.807, 2.05) is 55.0 Å². The Kier molecular flexibility index (Phi) is 4.47. The lowest BCUT2D eigenvalue weighted by molar-refractivity contribution is 0.824. The molecule has 4 aromatic rings. The molecular weight excluding hydrogens is 338 g/mol. The summed E-state index contributed by atoms with van der Waals surface area (Å²) in [5.74, 6) is 0. The summed E-state index contributed by atoms with van der Waals surface area (Å²) in [5.41, 5.74) is 5.86. The molecule has 0 saturated carbocycles. The lowest BCUT2D eigenvalue weighted by Crippen LogP contribution is -1.99. The Morgan fingerprint density at radius 1 is 1.15 bits per heavy atom. The Labute approximate surface area is 156 Å². The van der Waals surface area contributed by atoms with Crippen LogP contribution in [0.4, 0.5) is 0 Å². The number of hydrogen-bond donors (Lipinski definition) is 0. The highest BCUT2D eigenvalue weighted by atomic mass is 32.2. The van der Waals surface area contributed by atoms with Crippen LogP contribution in [0.3, 0.4) is 0 Å². The average molecular weight is 354 g/mol. The predicted molar refractivity (Wildman–Crippen MR) is 106 cm³/mol. The van der Waals surface area contributed by atoms with Crippen LogP contribution in [0, 0.1) is 17.4 Å². The molecule has 0 aliphatic rings. The van der Waals surface area contributed by atoms with E-state index < -0.39 is 0 Å². The van der Waals surface area contributed by atoms with Gasteiger partial charge in [0.25, 0.3) is 0 Å². The van der Waals surface area contributed by atoms with Crippen LogP contribution in [0.5, 0.6) is 0 Å². The van der Waals surface area contributed by atoms with Crippen molar-refractivity contribution in [2.75, 3.05) is 6.26 Å². The molecule has 0 aliphatic heterocycles. The number of rotatable bonds is 4. The lowest BCUT2D eigenvalue weighted by Gasteiger charge is -2.10. The third-order valence-electron chi connectivity index (χ3n) is 4.40. The van der Waals surface area contributed by atoms with Crippen molar-refractivity contribution < 1.29 is 0 Å². The van der Waals surface area contributed by atoms with E-state index in [4.69, 9.17) is 0 Å². The van der Waals surface area contributed by atoms with Crippen molar-refractivity contribution in [3.63, 3.8) is 0 Å². The van der Waals surface area contributed by atoms with Crippen LogP contribution in [0.1, 0.15) is 11.1 Å². The van der Waals surface area contributed by atoms with Gasteiger partial charge in [0.2, 0.25) is 0 Å². The van der Waals surface area contributed by atoms with Gasteiger partial charge in [-0.15, -0.1) is 11.8 Å². The van der Waals surface area contributed by atoms with E-state index in [9.17, 15) is 5.26 Å². The van der Waals surface area contributed by atoms with E-state index in [1.165, 1.54) is 0 Å². The van der Waals surface area contributed by atoms with Crippen LogP contribution in [0.15, 0.2) is 71.9 Å². The van der Waals surface area contributed by atoms with Gasteiger partial charge in [-0.2, -0.15) is 5.26 Å². The van der Waals surface area contributed by atoms with E-state index in [2.05, 4.69) is 39.9 Å². The molecule has 26 heavy (non-hydrogen) atoms. The van der Waals surface area contributed by atoms with Gasteiger partial charge in [0.15, 0.2) is 0 Å². The number of benzene rings is 3. The van der Waals surface area contributed by atoms with E-state index in [-0.39, 0.29) is 0 Å². The van der Waals surface area contributed by atoms with Gasteiger partial charge in [-0.1, -0.05) is 24.3 Å². The average Bonchev–Trinajstić information content (AvgIpc) is 3.11. The van der Waals surface area contributed by atoms with Crippen LogP contribution in [-0.4, -0.2) is 15.8 Å². The van der Waals surface area contributed by atoms with Gasteiger partial charge in [0.05, 0.1) is 29.0 Å². The molecule has 0 N–H and O–H groups in total. The number of aromatic nitrogens is 2. The number of imidazole rings is 1. The zero-order valence-corrected chi connectivity index (χ0v) is 15.1. The first-order valence-electron chi connectivity index (χ1n) is 8.27. The number of nitriles is 1. The summed E-state index contributed by atoms with van der Waals surface area (Å²) < 4.78 is 2.13. The smallest absolute Gasteiger partial charge is 0.0998 e. The Balaban J connectivity index is 1.73. The zero-order valence-electron chi connectivity index (χ0n) is 14.3. The van der Waals surface area contributed by atoms with Gasteiger partial charge >= 0.3 is 0 Å². The summed E-state index contributed by atoms with van der Waals surface area (Å²) in [6.45, 7) is 0.714. The molecule has 0 aliphatic carbocycles. The van der Waals surface area contributed by atoms with Gasteiger partial charge in [-0.25, -0.2) is 4.98 Å². The van der Waals surface area contributed by atoms with E-state index in [0.717, 1.165) is 32.6 Å². The van der Waals surface area contributed by atoms with Crippen molar-refractivity contribution in [2.45, 2.75) is 11.4 Å². The minimum atomic E-state index is 0.676. The number of fused-ring (bicyclic) bond motifs is 1. The van der Waals surface area contributed by atoms with Gasteiger partial charge < -0.3 is 4.57 Å². The summed E-state index contributed by atoms with van der Waals surface area (Å²) >= 11 is 1.66. The fourth-order valence-electron chi connectivity index (χ4n) is 3.06. The summed E-state index contributed by atoms with van der Waals surface area (Å²) in [4.78, 5) is 5.54. The maximum absolute atomic E-state index is 9.49. The molecule has 3 aromatic carbocycles. The molecule has 0 spiro atoms. The van der Waals surface area contributed by atoms with Crippen LogP contribution >= 0.6 is 11.8 Å². The summed E-state index contributed by atoms with van der Waals surface area (Å²) in [7, 11) is 0. The van der Waals surface area contributed by atoms with Crippen molar-refractivity contribution in [2.24, 2.45) is 0 Å². The molecule has 0 saturated heterocycles. The highest BCUT2D eigenvalue weighted by Gasteiger charge is 2.09. The highest BCUT2D eigenvalue weighted by molar-refractivity contribution is 7.98. The number of para-hydroxylation sites is 2.